The maximum Gasteiger partial charge on any atom is 0.242 e. The van der Waals surface area contributed by atoms with Crippen molar-refractivity contribution in [2.24, 2.45) is 5.73 Å². The molecule has 4 rings (SSSR count). The van der Waals surface area contributed by atoms with Gasteiger partial charge in [-0.15, -0.1) is 0 Å². The first-order valence-corrected chi connectivity index (χ1v) is 8.83. The highest BCUT2D eigenvalue weighted by Gasteiger charge is 2.30. The average Bonchev–Trinajstić information content (AvgIpc) is 3.09. The van der Waals surface area contributed by atoms with Gasteiger partial charge in [0.25, 0.3) is 0 Å². The predicted molar refractivity (Wildman–Crippen MR) is 100 cm³/mol. The van der Waals surface area contributed by atoms with Crippen LogP contribution in [0.5, 0.6) is 0 Å². The summed E-state index contributed by atoms with van der Waals surface area (Å²) in [5.74, 6) is -0.226. The Kier molecular flexibility index (Phi) is 4.22. The lowest BCUT2D eigenvalue weighted by Gasteiger charge is -2.30. The van der Waals surface area contributed by atoms with E-state index in [9.17, 15) is 9.90 Å². The van der Waals surface area contributed by atoms with Crippen LogP contribution in [0.15, 0.2) is 42.5 Å². The Bertz CT molecular complexity index is 958. The molecule has 0 saturated heterocycles. The Labute approximate surface area is 151 Å². The summed E-state index contributed by atoms with van der Waals surface area (Å²) >= 11 is 0. The fraction of sp³-hybridized carbons (Fsp3) is 0.300. The summed E-state index contributed by atoms with van der Waals surface area (Å²) in [5, 5.41) is 19.6. The highest BCUT2D eigenvalue weighted by Crippen LogP contribution is 2.33. The molecule has 0 saturated carbocycles. The molecule has 2 heterocycles. The molecule has 1 aliphatic heterocycles. The van der Waals surface area contributed by atoms with Gasteiger partial charge in [-0.3, -0.25) is 9.89 Å². The fourth-order valence-electron chi connectivity index (χ4n) is 3.56. The number of aliphatic hydroxyl groups is 1. The smallest absolute Gasteiger partial charge is 0.242 e. The van der Waals surface area contributed by atoms with Crippen molar-refractivity contribution in [1.82, 2.24) is 15.1 Å². The van der Waals surface area contributed by atoms with E-state index in [2.05, 4.69) is 34.5 Å². The lowest BCUT2D eigenvalue weighted by atomic mass is 9.96. The molecule has 4 N–H and O–H groups in total. The van der Waals surface area contributed by atoms with Crippen molar-refractivity contribution in [3.63, 3.8) is 0 Å². The van der Waals surface area contributed by atoms with Gasteiger partial charge in [-0.1, -0.05) is 42.5 Å². The molecular formula is C20H22N4O2. The van der Waals surface area contributed by atoms with E-state index >= 15 is 0 Å². The molecule has 0 aliphatic carbocycles. The van der Waals surface area contributed by atoms with Gasteiger partial charge in [0, 0.05) is 36.3 Å². The zero-order valence-corrected chi connectivity index (χ0v) is 14.6. The Hall–Kier alpha value is -2.70. The minimum absolute atomic E-state index is 0.226. The van der Waals surface area contributed by atoms with E-state index in [4.69, 9.17) is 5.73 Å². The molecule has 0 unspecified atom stereocenters. The van der Waals surface area contributed by atoms with Gasteiger partial charge in [-0.05, 0) is 17.7 Å². The Morgan fingerprint density at radius 2 is 2.04 bits per heavy atom. The highest BCUT2D eigenvalue weighted by atomic mass is 16.3. The quantitative estimate of drug-likeness (QED) is 0.671. The maximum absolute atomic E-state index is 12.5. The first kappa shape index (κ1) is 16.8. The second kappa shape index (κ2) is 6.55. The summed E-state index contributed by atoms with van der Waals surface area (Å²) in [6.07, 6.45) is -0.170. The van der Waals surface area contributed by atoms with Crippen LogP contribution in [-0.2, 0) is 17.8 Å². The normalized spacial score (nSPS) is 16.3. The zero-order chi connectivity index (χ0) is 18.3. The number of fused-ring (bicyclic) bond motifs is 2. The number of aliphatic hydroxyl groups excluding tert-OH is 1. The van der Waals surface area contributed by atoms with Gasteiger partial charge in [0.2, 0.25) is 5.91 Å². The summed E-state index contributed by atoms with van der Waals surface area (Å²) in [5.41, 5.74) is 9.86. The van der Waals surface area contributed by atoms with Crippen molar-refractivity contribution in [2.45, 2.75) is 32.0 Å². The summed E-state index contributed by atoms with van der Waals surface area (Å²) in [6, 6.07) is 13.5. The molecule has 1 aromatic heterocycles. The summed E-state index contributed by atoms with van der Waals surface area (Å²) < 4.78 is 0. The molecule has 6 nitrogen and oxygen atoms in total. The van der Waals surface area contributed by atoms with E-state index in [0.717, 1.165) is 33.3 Å². The Morgan fingerprint density at radius 3 is 2.85 bits per heavy atom. The lowest BCUT2D eigenvalue weighted by Crippen LogP contribution is -2.50. The topological polar surface area (TPSA) is 95.2 Å². The van der Waals surface area contributed by atoms with Crippen LogP contribution in [0, 0.1) is 0 Å². The SMILES string of the molecule is C[C@@H](O)[C@H](N)C(=O)N1CCc2[nH]nc(-c3cccc4ccccc34)c2C1. The molecule has 6 heteroatoms. The first-order valence-electron chi connectivity index (χ1n) is 8.83. The zero-order valence-electron chi connectivity index (χ0n) is 14.6. The monoisotopic (exact) mass is 350 g/mol. The molecule has 3 aromatic rings. The van der Waals surface area contributed by atoms with Gasteiger partial charge < -0.3 is 15.7 Å². The molecule has 0 fully saturated rings. The second-order valence-electron chi connectivity index (χ2n) is 6.83. The number of carbonyl (C=O) groups excluding carboxylic acids is 1. The standard InChI is InChI=1S/C20H22N4O2/c1-12(25)18(21)20(26)24-10-9-17-16(11-24)19(23-22-17)15-8-4-6-13-5-2-3-7-14(13)15/h2-8,12,18,25H,9-11,21H2,1H3,(H,22,23)/t12-,18+/m1/s1. The molecule has 2 aromatic carbocycles. The predicted octanol–water partition coefficient (Wildman–Crippen LogP) is 1.82. The largest absolute Gasteiger partial charge is 0.391 e. The average molecular weight is 350 g/mol. The third kappa shape index (κ3) is 2.77. The molecule has 134 valence electrons. The van der Waals surface area contributed by atoms with Crippen LogP contribution >= 0.6 is 0 Å². The van der Waals surface area contributed by atoms with Gasteiger partial charge in [-0.25, -0.2) is 0 Å². The van der Waals surface area contributed by atoms with Crippen molar-refractivity contribution in [3.8, 4) is 11.3 Å². The number of benzene rings is 2. The molecule has 0 bridgehead atoms. The number of nitrogens with two attached hydrogens (primary N) is 1. The highest BCUT2D eigenvalue weighted by molar-refractivity contribution is 5.96. The molecule has 26 heavy (non-hydrogen) atoms. The van der Waals surface area contributed by atoms with E-state index in [0.29, 0.717) is 19.5 Å². The molecule has 0 radical (unpaired) electrons. The van der Waals surface area contributed by atoms with Crippen molar-refractivity contribution >= 4 is 16.7 Å². The summed E-state index contributed by atoms with van der Waals surface area (Å²) in [6.45, 7) is 2.56. The number of aromatic nitrogens is 2. The minimum atomic E-state index is -0.899. The third-order valence-electron chi connectivity index (χ3n) is 5.09. The Balaban J connectivity index is 1.72. The number of carbonyl (C=O) groups is 1. The fourth-order valence-corrected chi connectivity index (χ4v) is 3.56. The van der Waals surface area contributed by atoms with Crippen LogP contribution in [0.2, 0.25) is 0 Å². The first-order chi connectivity index (χ1) is 12.6. The Morgan fingerprint density at radius 1 is 1.27 bits per heavy atom. The van der Waals surface area contributed by atoms with Crippen LogP contribution in [0.25, 0.3) is 22.0 Å². The van der Waals surface area contributed by atoms with Gasteiger partial charge >= 0.3 is 0 Å². The van der Waals surface area contributed by atoms with E-state index in [1.54, 1.807) is 4.90 Å². The molecular weight excluding hydrogens is 328 g/mol. The minimum Gasteiger partial charge on any atom is -0.391 e. The van der Waals surface area contributed by atoms with Crippen molar-refractivity contribution in [2.75, 3.05) is 6.54 Å². The van der Waals surface area contributed by atoms with E-state index in [-0.39, 0.29) is 5.91 Å². The number of H-pyrrole nitrogens is 1. The van der Waals surface area contributed by atoms with Crippen LogP contribution in [0.1, 0.15) is 18.2 Å². The van der Waals surface area contributed by atoms with Crippen LogP contribution in [0.3, 0.4) is 0 Å². The number of hydrogen-bond donors (Lipinski definition) is 3. The van der Waals surface area contributed by atoms with Crippen molar-refractivity contribution in [3.05, 3.63) is 53.7 Å². The van der Waals surface area contributed by atoms with E-state index in [1.165, 1.54) is 6.92 Å². The van der Waals surface area contributed by atoms with Gasteiger partial charge in [0.15, 0.2) is 0 Å². The number of nitrogens with one attached hydrogen (secondary N) is 1. The molecule has 0 spiro atoms. The van der Waals surface area contributed by atoms with Gasteiger partial charge in [0.1, 0.15) is 6.04 Å². The second-order valence-corrected chi connectivity index (χ2v) is 6.83. The molecule has 1 amide bonds. The van der Waals surface area contributed by atoms with Crippen LogP contribution < -0.4 is 5.73 Å². The number of aromatic amines is 1. The number of rotatable bonds is 3. The van der Waals surface area contributed by atoms with Crippen LogP contribution in [-0.4, -0.2) is 44.8 Å². The maximum atomic E-state index is 12.5. The number of hydrogen-bond acceptors (Lipinski definition) is 4. The number of amides is 1. The van der Waals surface area contributed by atoms with Crippen LogP contribution in [0.4, 0.5) is 0 Å². The van der Waals surface area contributed by atoms with E-state index in [1.807, 2.05) is 18.2 Å². The lowest BCUT2D eigenvalue weighted by molar-refractivity contribution is -0.135. The summed E-state index contributed by atoms with van der Waals surface area (Å²) in [4.78, 5) is 14.3. The van der Waals surface area contributed by atoms with Gasteiger partial charge in [0.05, 0.1) is 11.8 Å². The van der Waals surface area contributed by atoms with Crippen molar-refractivity contribution in [1.29, 1.82) is 0 Å². The number of nitrogens with zero attached hydrogens (tertiary/aromatic N) is 2. The molecule has 1 aliphatic rings. The van der Waals surface area contributed by atoms with Crippen molar-refractivity contribution < 1.29 is 9.90 Å². The molecule has 2 atom stereocenters. The third-order valence-corrected chi connectivity index (χ3v) is 5.09. The summed E-state index contributed by atoms with van der Waals surface area (Å²) in [7, 11) is 0. The van der Waals surface area contributed by atoms with Gasteiger partial charge in [-0.2, -0.15) is 5.10 Å². The van der Waals surface area contributed by atoms with E-state index < -0.39 is 12.1 Å².